The minimum absolute atomic E-state index is 0.0487. The molecule has 124 valence electrons. The van der Waals surface area contributed by atoms with Gasteiger partial charge in [-0.25, -0.2) is 0 Å². The standard InChI is InChI=1S/C16H31ClN2O2/c1-7-8-9-18(14(20)12-17)13-10-15(2,3)19(21-6)16(4,5)11-13/h13H,7-12H2,1-6H3. The lowest BCUT2D eigenvalue weighted by molar-refractivity contribution is -0.271. The molecule has 4 nitrogen and oxygen atoms in total. The minimum atomic E-state index is -0.113. The van der Waals surface area contributed by atoms with Crippen LogP contribution in [-0.2, 0) is 9.63 Å². The molecular formula is C16H31ClN2O2. The molecule has 1 saturated heterocycles. The Morgan fingerprint density at radius 1 is 1.29 bits per heavy atom. The molecule has 5 heteroatoms. The van der Waals surface area contributed by atoms with E-state index in [-0.39, 0.29) is 28.9 Å². The number of carbonyl (C=O) groups is 1. The third-order valence-electron chi connectivity index (χ3n) is 4.38. The molecule has 21 heavy (non-hydrogen) atoms. The largest absolute Gasteiger partial charge is 0.339 e. The van der Waals surface area contributed by atoms with Crippen LogP contribution in [-0.4, -0.2) is 52.5 Å². The van der Waals surface area contributed by atoms with Crippen LogP contribution in [0.25, 0.3) is 0 Å². The van der Waals surface area contributed by atoms with Crippen LogP contribution >= 0.6 is 11.6 Å². The van der Waals surface area contributed by atoms with Gasteiger partial charge in [-0.3, -0.25) is 4.79 Å². The van der Waals surface area contributed by atoms with Gasteiger partial charge in [-0.2, -0.15) is 5.06 Å². The van der Waals surface area contributed by atoms with E-state index in [4.69, 9.17) is 16.4 Å². The van der Waals surface area contributed by atoms with Crippen LogP contribution in [0.15, 0.2) is 0 Å². The summed E-state index contributed by atoms with van der Waals surface area (Å²) in [5.41, 5.74) is -0.226. The van der Waals surface area contributed by atoms with Crippen molar-refractivity contribution in [2.75, 3.05) is 19.5 Å². The van der Waals surface area contributed by atoms with E-state index in [2.05, 4.69) is 39.7 Å². The molecule has 0 bridgehead atoms. The second-order valence-corrected chi connectivity index (χ2v) is 7.51. The van der Waals surface area contributed by atoms with Crippen LogP contribution in [0.5, 0.6) is 0 Å². The highest BCUT2D eigenvalue weighted by Crippen LogP contribution is 2.40. The molecular weight excluding hydrogens is 288 g/mol. The Morgan fingerprint density at radius 3 is 2.19 bits per heavy atom. The second kappa shape index (κ2) is 7.30. The highest BCUT2D eigenvalue weighted by molar-refractivity contribution is 6.27. The topological polar surface area (TPSA) is 32.8 Å². The molecule has 0 unspecified atom stereocenters. The van der Waals surface area contributed by atoms with Gasteiger partial charge in [0.25, 0.3) is 0 Å². The SMILES string of the molecule is CCCCN(C(=O)CCl)C1CC(C)(C)N(OC)C(C)(C)C1. The monoisotopic (exact) mass is 318 g/mol. The zero-order valence-corrected chi connectivity index (χ0v) is 15.2. The Morgan fingerprint density at radius 2 is 1.81 bits per heavy atom. The van der Waals surface area contributed by atoms with Crippen molar-refractivity contribution in [1.29, 1.82) is 0 Å². The quantitative estimate of drug-likeness (QED) is 0.703. The maximum Gasteiger partial charge on any atom is 0.237 e. The van der Waals surface area contributed by atoms with E-state index in [1.54, 1.807) is 7.11 Å². The van der Waals surface area contributed by atoms with E-state index in [1.165, 1.54) is 0 Å². The molecule has 0 spiro atoms. The van der Waals surface area contributed by atoms with Gasteiger partial charge < -0.3 is 9.74 Å². The van der Waals surface area contributed by atoms with E-state index in [9.17, 15) is 4.79 Å². The van der Waals surface area contributed by atoms with Gasteiger partial charge in [-0.15, -0.1) is 11.6 Å². The number of halogens is 1. The van der Waals surface area contributed by atoms with Gasteiger partial charge in [0.1, 0.15) is 5.88 Å². The minimum Gasteiger partial charge on any atom is -0.339 e. The summed E-state index contributed by atoms with van der Waals surface area (Å²) in [7, 11) is 1.72. The molecule has 1 aliphatic heterocycles. The summed E-state index contributed by atoms with van der Waals surface area (Å²) < 4.78 is 0. The molecule has 1 fully saturated rings. The first-order valence-electron chi connectivity index (χ1n) is 7.89. The number of carbonyl (C=O) groups excluding carboxylic acids is 1. The van der Waals surface area contributed by atoms with Crippen molar-refractivity contribution in [3.63, 3.8) is 0 Å². The molecule has 0 aromatic heterocycles. The van der Waals surface area contributed by atoms with Crippen molar-refractivity contribution in [2.45, 2.75) is 77.4 Å². The van der Waals surface area contributed by atoms with Gasteiger partial charge in [0.15, 0.2) is 0 Å². The Balaban J connectivity index is 2.97. The highest BCUT2D eigenvalue weighted by Gasteiger charge is 2.48. The third kappa shape index (κ3) is 4.33. The first-order chi connectivity index (χ1) is 9.69. The van der Waals surface area contributed by atoms with Crippen LogP contribution in [0.3, 0.4) is 0 Å². The Kier molecular flexibility index (Phi) is 6.51. The number of hydrogen-bond acceptors (Lipinski definition) is 3. The second-order valence-electron chi connectivity index (χ2n) is 7.24. The van der Waals surface area contributed by atoms with Crippen molar-refractivity contribution in [1.82, 2.24) is 9.96 Å². The van der Waals surface area contributed by atoms with Crippen LogP contribution in [0.2, 0.25) is 0 Å². The predicted molar refractivity (Wildman–Crippen MR) is 87.4 cm³/mol. The molecule has 1 heterocycles. The summed E-state index contributed by atoms with van der Waals surface area (Å²) in [4.78, 5) is 19.9. The molecule has 1 amide bonds. The van der Waals surface area contributed by atoms with Crippen LogP contribution < -0.4 is 0 Å². The fourth-order valence-electron chi connectivity index (χ4n) is 3.84. The summed E-state index contributed by atoms with van der Waals surface area (Å²) >= 11 is 5.82. The van der Waals surface area contributed by atoms with Crippen molar-refractivity contribution in [3.8, 4) is 0 Å². The van der Waals surface area contributed by atoms with Crippen molar-refractivity contribution >= 4 is 17.5 Å². The molecule has 0 aliphatic carbocycles. The molecule has 1 aliphatic rings. The fraction of sp³-hybridized carbons (Fsp3) is 0.938. The normalized spacial score (nSPS) is 22.2. The first-order valence-corrected chi connectivity index (χ1v) is 8.43. The number of rotatable bonds is 6. The summed E-state index contributed by atoms with van der Waals surface area (Å²) in [5, 5.41) is 2.07. The molecule has 0 atom stereocenters. The number of unbranched alkanes of at least 4 members (excludes halogenated alkanes) is 1. The molecule has 0 aromatic rings. The molecule has 0 N–H and O–H groups in total. The van der Waals surface area contributed by atoms with E-state index in [1.807, 2.05) is 4.90 Å². The third-order valence-corrected chi connectivity index (χ3v) is 4.61. The Hall–Kier alpha value is -0.320. The average molecular weight is 319 g/mol. The fourth-order valence-corrected chi connectivity index (χ4v) is 3.99. The number of alkyl halides is 1. The first kappa shape index (κ1) is 18.7. The van der Waals surface area contributed by atoms with E-state index in [0.29, 0.717) is 0 Å². The lowest BCUT2D eigenvalue weighted by Gasteiger charge is -2.55. The predicted octanol–water partition coefficient (Wildman–Crippen LogP) is 3.44. The number of piperidine rings is 1. The zero-order chi connectivity index (χ0) is 16.3. The summed E-state index contributed by atoms with van der Waals surface area (Å²) in [6.07, 6.45) is 3.90. The number of hydrogen-bond donors (Lipinski definition) is 0. The van der Waals surface area contributed by atoms with Gasteiger partial charge in [0, 0.05) is 23.7 Å². The van der Waals surface area contributed by atoms with E-state index >= 15 is 0 Å². The maximum absolute atomic E-state index is 12.2. The Bertz CT molecular complexity index is 340. The summed E-state index contributed by atoms with van der Waals surface area (Å²) in [6.45, 7) is 11.6. The lowest BCUT2D eigenvalue weighted by atomic mass is 9.78. The van der Waals surface area contributed by atoms with E-state index < -0.39 is 0 Å². The van der Waals surface area contributed by atoms with Crippen molar-refractivity contribution < 1.29 is 9.63 Å². The van der Waals surface area contributed by atoms with Gasteiger partial charge in [-0.1, -0.05) is 13.3 Å². The number of nitrogens with zero attached hydrogens (tertiary/aromatic N) is 2. The zero-order valence-electron chi connectivity index (χ0n) is 14.4. The number of amides is 1. The van der Waals surface area contributed by atoms with Gasteiger partial charge in [-0.05, 0) is 47.0 Å². The highest BCUT2D eigenvalue weighted by atomic mass is 35.5. The lowest BCUT2D eigenvalue weighted by Crippen LogP contribution is -2.64. The van der Waals surface area contributed by atoms with Crippen molar-refractivity contribution in [2.24, 2.45) is 0 Å². The van der Waals surface area contributed by atoms with Crippen LogP contribution in [0.4, 0.5) is 0 Å². The van der Waals surface area contributed by atoms with Crippen LogP contribution in [0.1, 0.15) is 60.3 Å². The Labute approximate surface area is 134 Å². The average Bonchev–Trinajstić information content (AvgIpc) is 2.36. The van der Waals surface area contributed by atoms with Gasteiger partial charge in [0.2, 0.25) is 5.91 Å². The summed E-state index contributed by atoms with van der Waals surface area (Å²) in [6, 6.07) is 0.221. The maximum atomic E-state index is 12.2. The molecule has 0 saturated carbocycles. The molecule has 0 radical (unpaired) electrons. The molecule has 0 aromatic carbocycles. The summed E-state index contributed by atoms with van der Waals surface area (Å²) in [5.74, 6) is 0.113. The number of hydroxylamine groups is 2. The van der Waals surface area contributed by atoms with Gasteiger partial charge in [0.05, 0.1) is 7.11 Å². The smallest absolute Gasteiger partial charge is 0.237 e. The van der Waals surface area contributed by atoms with Crippen molar-refractivity contribution in [3.05, 3.63) is 0 Å². The van der Waals surface area contributed by atoms with Crippen LogP contribution in [0, 0.1) is 0 Å². The molecule has 1 rings (SSSR count). The van der Waals surface area contributed by atoms with Gasteiger partial charge >= 0.3 is 0 Å². The van der Waals surface area contributed by atoms with E-state index in [0.717, 1.165) is 32.2 Å².